The largest absolute Gasteiger partial charge is 0.396 e. The molecule has 0 aromatic carbocycles. The van der Waals surface area contributed by atoms with E-state index in [2.05, 4.69) is 4.90 Å². The first-order valence-electron chi connectivity index (χ1n) is 5.07. The summed E-state index contributed by atoms with van der Waals surface area (Å²) in [4.78, 5) is 2.24. The zero-order valence-corrected chi connectivity index (χ0v) is 8.66. The second-order valence-corrected chi connectivity index (χ2v) is 4.74. The lowest BCUT2D eigenvalue weighted by Gasteiger charge is -2.35. The summed E-state index contributed by atoms with van der Waals surface area (Å²) in [6.45, 7) is 6.64. The minimum Gasteiger partial charge on any atom is -0.396 e. The minimum absolute atomic E-state index is 0.280. The third-order valence-corrected chi connectivity index (χ3v) is 2.47. The number of nitrogens with zero attached hydrogens (tertiary/aromatic N) is 1. The summed E-state index contributed by atoms with van der Waals surface area (Å²) in [5.41, 5.74) is -0.614. The minimum atomic E-state index is -0.614. The molecule has 2 N–H and O–H groups in total. The molecule has 0 saturated carbocycles. The van der Waals surface area contributed by atoms with Gasteiger partial charge >= 0.3 is 0 Å². The quantitative estimate of drug-likeness (QED) is 0.674. The van der Waals surface area contributed by atoms with E-state index in [1.165, 1.54) is 0 Å². The number of aliphatic hydroxyl groups excluding tert-OH is 1. The first-order chi connectivity index (χ1) is 6.01. The van der Waals surface area contributed by atoms with Crippen molar-refractivity contribution in [2.45, 2.75) is 32.3 Å². The van der Waals surface area contributed by atoms with Crippen molar-refractivity contribution in [3.05, 3.63) is 0 Å². The summed E-state index contributed by atoms with van der Waals surface area (Å²) in [6.07, 6.45) is 2.26. The molecule has 1 aliphatic heterocycles. The van der Waals surface area contributed by atoms with Gasteiger partial charge in [0.1, 0.15) is 0 Å². The maximum atomic E-state index is 9.62. The topological polar surface area (TPSA) is 43.7 Å². The van der Waals surface area contributed by atoms with Gasteiger partial charge in [0.05, 0.1) is 5.60 Å². The molecule has 0 spiro atoms. The number of hydrogen-bond donors (Lipinski definition) is 2. The average Bonchev–Trinajstić information content (AvgIpc) is 2.01. The first kappa shape index (κ1) is 11.0. The fourth-order valence-corrected chi connectivity index (χ4v) is 1.99. The summed E-state index contributed by atoms with van der Waals surface area (Å²) in [5, 5.41) is 18.6. The van der Waals surface area contributed by atoms with Gasteiger partial charge in [-0.2, -0.15) is 0 Å². The van der Waals surface area contributed by atoms with Crippen molar-refractivity contribution in [2.75, 3.05) is 26.2 Å². The van der Waals surface area contributed by atoms with E-state index in [4.69, 9.17) is 5.11 Å². The van der Waals surface area contributed by atoms with Crippen LogP contribution in [0.4, 0.5) is 0 Å². The van der Waals surface area contributed by atoms with Crippen molar-refractivity contribution in [2.24, 2.45) is 5.92 Å². The molecule has 1 heterocycles. The van der Waals surface area contributed by atoms with Gasteiger partial charge in [-0.1, -0.05) is 0 Å². The van der Waals surface area contributed by atoms with Gasteiger partial charge in [-0.25, -0.2) is 0 Å². The Morgan fingerprint density at radius 2 is 2.15 bits per heavy atom. The van der Waals surface area contributed by atoms with E-state index in [-0.39, 0.29) is 6.61 Å². The molecule has 1 unspecified atom stereocenters. The van der Waals surface area contributed by atoms with E-state index in [0.717, 1.165) is 25.9 Å². The van der Waals surface area contributed by atoms with Crippen molar-refractivity contribution in [1.29, 1.82) is 0 Å². The molecule has 1 fully saturated rings. The maximum Gasteiger partial charge on any atom is 0.0718 e. The van der Waals surface area contributed by atoms with Crippen LogP contribution in [0.25, 0.3) is 0 Å². The highest BCUT2D eigenvalue weighted by molar-refractivity contribution is 4.78. The molecule has 0 aromatic heterocycles. The standard InChI is InChI=1S/C10H21NO2/c1-10(2,13)8-11-5-3-4-9(6-11)7-12/h9,12-13H,3-8H2,1-2H3. The summed E-state index contributed by atoms with van der Waals surface area (Å²) < 4.78 is 0. The molecular formula is C10H21NO2. The fourth-order valence-electron chi connectivity index (χ4n) is 1.99. The highest BCUT2D eigenvalue weighted by atomic mass is 16.3. The van der Waals surface area contributed by atoms with Crippen LogP contribution in [0.5, 0.6) is 0 Å². The number of likely N-dealkylation sites (tertiary alicyclic amines) is 1. The molecule has 0 aliphatic carbocycles. The predicted molar refractivity (Wildman–Crippen MR) is 52.5 cm³/mol. The second-order valence-electron chi connectivity index (χ2n) is 4.74. The van der Waals surface area contributed by atoms with Crippen LogP contribution in [0.15, 0.2) is 0 Å². The lowest BCUT2D eigenvalue weighted by Crippen LogP contribution is -2.44. The highest BCUT2D eigenvalue weighted by Gasteiger charge is 2.23. The van der Waals surface area contributed by atoms with Crippen molar-refractivity contribution in [3.8, 4) is 0 Å². The van der Waals surface area contributed by atoms with E-state index in [0.29, 0.717) is 12.5 Å². The molecule has 1 saturated heterocycles. The van der Waals surface area contributed by atoms with Gasteiger partial charge in [0.25, 0.3) is 0 Å². The lowest BCUT2D eigenvalue weighted by atomic mass is 9.97. The molecule has 0 amide bonds. The maximum absolute atomic E-state index is 9.62. The molecule has 78 valence electrons. The molecule has 1 aliphatic rings. The Morgan fingerprint density at radius 1 is 1.46 bits per heavy atom. The zero-order valence-electron chi connectivity index (χ0n) is 8.66. The molecule has 13 heavy (non-hydrogen) atoms. The lowest BCUT2D eigenvalue weighted by molar-refractivity contribution is 0.0153. The van der Waals surface area contributed by atoms with Gasteiger partial charge in [-0.3, -0.25) is 0 Å². The van der Waals surface area contributed by atoms with Crippen molar-refractivity contribution >= 4 is 0 Å². The Hall–Kier alpha value is -0.120. The second kappa shape index (κ2) is 4.40. The van der Waals surface area contributed by atoms with Crippen LogP contribution in [0.2, 0.25) is 0 Å². The van der Waals surface area contributed by atoms with Crippen LogP contribution in [-0.2, 0) is 0 Å². The molecule has 1 rings (SSSR count). The van der Waals surface area contributed by atoms with Gasteiger partial charge in [0.2, 0.25) is 0 Å². The molecule has 1 atom stereocenters. The molecule has 3 nitrogen and oxygen atoms in total. The Labute approximate surface area is 80.4 Å². The van der Waals surface area contributed by atoms with Gasteiger partial charge in [0.15, 0.2) is 0 Å². The van der Waals surface area contributed by atoms with E-state index in [1.54, 1.807) is 0 Å². The van der Waals surface area contributed by atoms with Gasteiger partial charge in [-0.05, 0) is 39.2 Å². The Morgan fingerprint density at radius 3 is 2.69 bits per heavy atom. The SMILES string of the molecule is CC(C)(O)CN1CCCC(CO)C1. The predicted octanol–water partition coefficient (Wildman–Crippen LogP) is 0.462. The van der Waals surface area contributed by atoms with E-state index in [1.807, 2.05) is 13.8 Å². The molecular weight excluding hydrogens is 166 g/mol. The highest BCUT2D eigenvalue weighted by Crippen LogP contribution is 2.17. The summed E-state index contributed by atoms with van der Waals surface area (Å²) in [6, 6.07) is 0. The Kier molecular flexibility index (Phi) is 3.71. The third kappa shape index (κ3) is 4.07. The summed E-state index contributed by atoms with van der Waals surface area (Å²) in [5.74, 6) is 0.413. The Balaban J connectivity index is 2.34. The first-order valence-corrected chi connectivity index (χ1v) is 5.07. The van der Waals surface area contributed by atoms with Gasteiger partial charge in [0, 0.05) is 19.7 Å². The van der Waals surface area contributed by atoms with E-state index < -0.39 is 5.60 Å². The van der Waals surface area contributed by atoms with Crippen LogP contribution in [0.3, 0.4) is 0 Å². The van der Waals surface area contributed by atoms with Gasteiger partial charge in [-0.15, -0.1) is 0 Å². The molecule has 3 heteroatoms. The average molecular weight is 187 g/mol. The number of rotatable bonds is 3. The van der Waals surface area contributed by atoms with Crippen LogP contribution in [0, 0.1) is 5.92 Å². The molecule has 0 radical (unpaired) electrons. The molecule has 0 aromatic rings. The molecule has 0 bridgehead atoms. The smallest absolute Gasteiger partial charge is 0.0718 e. The van der Waals surface area contributed by atoms with Crippen LogP contribution >= 0.6 is 0 Å². The normalized spacial score (nSPS) is 26.3. The van der Waals surface area contributed by atoms with Gasteiger partial charge < -0.3 is 15.1 Å². The van der Waals surface area contributed by atoms with Crippen molar-refractivity contribution < 1.29 is 10.2 Å². The monoisotopic (exact) mass is 187 g/mol. The zero-order chi connectivity index (χ0) is 9.90. The number of hydrogen-bond acceptors (Lipinski definition) is 3. The van der Waals surface area contributed by atoms with E-state index >= 15 is 0 Å². The fraction of sp³-hybridized carbons (Fsp3) is 1.00. The van der Waals surface area contributed by atoms with E-state index in [9.17, 15) is 5.11 Å². The summed E-state index contributed by atoms with van der Waals surface area (Å²) >= 11 is 0. The number of β-amino-alcohol motifs (C(OH)–C–C–N with tert-alkyl or cyclic N) is 1. The van der Waals surface area contributed by atoms with Crippen LogP contribution in [-0.4, -0.2) is 47.0 Å². The number of piperidine rings is 1. The number of aliphatic hydroxyl groups is 2. The van der Waals surface area contributed by atoms with Crippen LogP contribution in [0.1, 0.15) is 26.7 Å². The Bertz CT molecular complexity index is 153. The van der Waals surface area contributed by atoms with Crippen LogP contribution < -0.4 is 0 Å². The van der Waals surface area contributed by atoms with Crippen molar-refractivity contribution in [3.63, 3.8) is 0 Å². The van der Waals surface area contributed by atoms with Crippen molar-refractivity contribution in [1.82, 2.24) is 4.90 Å². The third-order valence-electron chi connectivity index (χ3n) is 2.47. The summed E-state index contributed by atoms with van der Waals surface area (Å²) in [7, 11) is 0.